The van der Waals surface area contributed by atoms with E-state index < -0.39 is 8.32 Å². The fourth-order valence-electron chi connectivity index (χ4n) is 3.02. The summed E-state index contributed by atoms with van der Waals surface area (Å²) in [5, 5.41) is 0.243. The minimum atomic E-state index is -1.73. The summed E-state index contributed by atoms with van der Waals surface area (Å²) >= 11 is 0. The Hall–Kier alpha value is -1.32. The van der Waals surface area contributed by atoms with Crippen molar-refractivity contribution in [1.82, 2.24) is 0 Å². The lowest BCUT2D eigenvalue weighted by atomic mass is 9.79. The van der Waals surface area contributed by atoms with Crippen LogP contribution in [0.5, 0.6) is 5.75 Å². The fourth-order valence-corrected chi connectivity index (χ4v) is 4.13. The Morgan fingerprint density at radius 3 is 2.19 bits per heavy atom. The molecule has 3 heteroatoms. The van der Waals surface area contributed by atoms with Gasteiger partial charge in [0, 0.05) is 6.61 Å². The van der Waals surface area contributed by atoms with Crippen LogP contribution in [0.15, 0.2) is 49.1 Å². The molecule has 0 aromatic heterocycles. The van der Waals surface area contributed by atoms with Crippen LogP contribution in [0.3, 0.4) is 0 Å². The van der Waals surface area contributed by atoms with Crippen molar-refractivity contribution in [3.05, 3.63) is 54.6 Å². The summed E-state index contributed by atoms with van der Waals surface area (Å²) in [7, 11) is -0.0203. The molecule has 27 heavy (non-hydrogen) atoms. The van der Waals surface area contributed by atoms with E-state index in [-0.39, 0.29) is 5.04 Å². The molecule has 0 aliphatic rings. The topological polar surface area (TPSA) is 18.5 Å². The average Bonchev–Trinajstić information content (AvgIpc) is 2.61. The Bertz CT molecular complexity index is 596. The summed E-state index contributed by atoms with van der Waals surface area (Å²) in [6.45, 7) is 20.8. The van der Waals surface area contributed by atoms with E-state index in [4.69, 9.17) is 9.16 Å². The van der Waals surface area contributed by atoms with Crippen molar-refractivity contribution in [2.75, 3.05) is 13.7 Å². The molecule has 0 fully saturated rings. The zero-order valence-corrected chi connectivity index (χ0v) is 19.7. The van der Waals surface area contributed by atoms with Gasteiger partial charge >= 0.3 is 0 Å². The van der Waals surface area contributed by atoms with Crippen molar-refractivity contribution in [3.8, 4) is 5.75 Å². The van der Waals surface area contributed by atoms with E-state index in [0.717, 1.165) is 18.8 Å². The second kappa shape index (κ2) is 10.3. The normalized spacial score (nSPS) is 16.1. The third-order valence-corrected chi connectivity index (χ3v) is 10.6. The smallest absolute Gasteiger partial charge is 0.191 e. The standard InChI is InChI=1S/C24H40O2Si/c1-10-11-12-19(2)23(17-21-13-15-22(25-7)16-14-21)20(3)18-26-27(8,9)24(4,5)6/h10-16,19-20,23H,1,17-18H2,2-9H3/b12-11-/t19-,20+,23+/m0/s1. The lowest BCUT2D eigenvalue weighted by Crippen LogP contribution is -2.42. The Kier molecular flexibility index (Phi) is 9.03. The number of methoxy groups -OCH3 is 1. The Balaban J connectivity index is 2.92. The first-order valence-electron chi connectivity index (χ1n) is 10.1. The van der Waals surface area contributed by atoms with E-state index in [2.05, 4.69) is 78.6 Å². The fraction of sp³-hybridized carbons (Fsp3) is 0.583. The van der Waals surface area contributed by atoms with E-state index in [1.165, 1.54) is 5.56 Å². The van der Waals surface area contributed by atoms with Crippen molar-refractivity contribution in [1.29, 1.82) is 0 Å². The molecule has 0 aliphatic carbocycles. The molecule has 0 unspecified atom stereocenters. The van der Waals surface area contributed by atoms with Gasteiger partial charge in [0.15, 0.2) is 8.32 Å². The molecular formula is C24H40O2Si. The van der Waals surface area contributed by atoms with Gasteiger partial charge in [-0.15, -0.1) is 0 Å². The molecule has 0 spiro atoms. The zero-order chi connectivity index (χ0) is 20.7. The van der Waals surface area contributed by atoms with Gasteiger partial charge in [-0.1, -0.05) is 71.6 Å². The number of hydrogen-bond donors (Lipinski definition) is 0. The van der Waals surface area contributed by atoms with Crippen molar-refractivity contribution in [2.45, 2.75) is 59.2 Å². The molecule has 0 radical (unpaired) electrons. The molecule has 1 rings (SSSR count). The van der Waals surface area contributed by atoms with Crippen LogP contribution >= 0.6 is 0 Å². The summed E-state index contributed by atoms with van der Waals surface area (Å²) in [6, 6.07) is 8.45. The van der Waals surface area contributed by atoms with E-state index in [1.54, 1.807) is 7.11 Å². The molecule has 1 aromatic carbocycles. The Morgan fingerprint density at radius 1 is 1.11 bits per heavy atom. The predicted molar refractivity (Wildman–Crippen MR) is 121 cm³/mol. The summed E-state index contributed by atoms with van der Waals surface area (Å²) in [5.74, 6) is 2.36. The average molecular weight is 389 g/mol. The van der Waals surface area contributed by atoms with Gasteiger partial charge in [0.25, 0.3) is 0 Å². The second-order valence-corrected chi connectivity index (χ2v) is 14.1. The highest BCUT2D eigenvalue weighted by Gasteiger charge is 2.38. The lowest BCUT2D eigenvalue weighted by molar-refractivity contribution is 0.170. The largest absolute Gasteiger partial charge is 0.497 e. The molecule has 0 saturated heterocycles. The van der Waals surface area contributed by atoms with E-state index in [0.29, 0.717) is 17.8 Å². The Morgan fingerprint density at radius 2 is 1.70 bits per heavy atom. The lowest BCUT2D eigenvalue weighted by Gasteiger charge is -2.38. The maximum Gasteiger partial charge on any atom is 0.191 e. The predicted octanol–water partition coefficient (Wildman–Crippen LogP) is 6.89. The minimum absolute atomic E-state index is 0.243. The SMILES string of the molecule is C=C/C=C\[C@H](C)[C@@H](Cc1ccc(OC)cc1)[C@H](C)CO[Si](C)(C)C(C)(C)C. The molecule has 0 amide bonds. The highest BCUT2D eigenvalue weighted by atomic mass is 28.4. The number of hydrogen-bond acceptors (Lipinski definition) is 2. The molecule has 2 nitrogen and oxygen atoms in total. The third-order valence-electron chi connectivity index (χ3n) is 6.10. The van der Waals surface area contributed by atoms with Gasteiger partial charge in [-0.05, 0) is 60.0 Å². The van der Waals surface area contributed by atoms with Crippen molar-refractivity contribution < 1.29 is 9.16 Å². The van der Waals surface area contributed by atoms with Gasteiger partial charge < -0.3 is 9.16 Å². The van der Waals surface area contributed by atoms with Gasteiger partial charge in [-0.2, -0.15) is 0 Å². The Labute approximate surface area is 168 Å². The molecular weight excluding hydrogens is 348 g/mol. The van der Waals surface area contributed by atoms with Crippen molar-refractivity contribution >= 4 is 8.32 Å². The molecule has 1 aromatic rings. The summed E-state index contributed by atoms with van der Waals surface area (Å²) in [5.41, 5.74) is 1.35. The first-order chi connectivity index (χ1) is 12.5. The summed E-state index contributed by atoms with van der Waals surface area (Å²) in [6.07, 6.45) is 7.23. The van der Waals surface area contributed by atoms with Crippen LogP contribution < -0.4 is 4.74 Å². The van der Waals surface area contributed by atoms with Crippen LogP contribution in [0, 0.1) is 17.8 Å². The number of ether oxygens (including phenoxy) is 1. The number of allylic oxidation sites excluding steroid dienone is 3. The molecule has 0 saturated carbocycles. The van der Waals surface area contributed by atoms with Gasteiger partial charge in [-0.3, -0.25) is 0 Å². The molecule has 152 valence electrons. The zero-order valence-electron chi connectivity index (χ0n) is 18.7. The maximum absolute atomic E-state index is 6.54. The molecule has 0 heterocycles. The van der Waals surface area contributed by atoms with Crippen LogP contribution in [0.25, 0.3) is 0 Å². The van der Waals surface area contributed by atoms with Crippen LogP contribution in [0.4, 0.5) is 0 Å². The molecule has 3 atom stereocenters. The monoisotopic (exact) mass is 388 g/mol. The molecule has 0 aliphatic heterocycles. The van der Waals surface area contributed by atoms with Gasteiger partial charge in [0.05, 0.1) is 7.11 Å². The van der Waals surface area contributed by atoms with Crippen LogP contribution in [-0.2, 0) is 10.8 Å². The quantitative estimate of drug-likeness (QED) is 0.321. The summed E-state index contributed by atoms with van der Waals surface area (Å²) < 4.78 is 11.8. The van der Waals surface area contributed by atoms with Gasteiger partial charge in [0.1, 0.15) is 5.75 Å². The van der Waals surface area contributed by atoms with E-state index in [1.807, 2.05) is 18.2 Å². The maximum atomic E-state index is 6.54. The minimum Gasteiger partial charge on any atom is -0.497 e. The van der Waals surface area contributed by atoms with Crippen LogP contribution in [0.2, 0.25) is 18.1 Å². The van der Waals surface area contributed by atoms with E-state index in [9.17, 15) is 0 Å². The second-order valence-electron chi connectivity index (χ2n) is 9.24. The number of rotatable bonds is 10. The van der Waals surface area contributed by atoms with Crippen LogP contribution in [-0.4, -0.2) is 22.0 Å². The third kappa shape index (κ3) is 7.31. The summed E-state index contributed by atoms with van der Waals surface area (Å²) in [4.78, 5) is 0. The highest BCUT2D eigenvalue weighted by molar-refractivity contribution is 6.74. The van der Waals surface area contributed by atoms with Crippen molar-refractivity contribution in [3.63, 3.8) is 0 Å². The number of benzene rings is 1. The first-order valence-corrected chi connectivity index (χ1v) is 13.0. The van der Waals surface area contributed by atoms with Gasteiger partial charge in [-0.25, -0.2) is 0 Å². The first kappa shape index (κ1) is 23.7. The molecule has 0 N–H and O–H groups in total. The molecule has 0 bridgehead atoms. The van der Waals surface area contributed by atoms with Crippen LogP contribution in [0.1, 0.15) is 40.2 Å². The van der Waals surface area contributed by atoms with E-state index >= 15 is 0 Å². The van der Waals surface area contributed by atoms with Crippen molar-refractivity contribution in [2.24, 2.45) is 17.8 Å². The highest BCUT2D eigenvalue weighted by Crippen LogP contribution is 2.37. The van der Waals surface area contributed by atoms with Gasteiger partial charge in [0.2, 0.25) is 0 Å².